The molecule has 0 spiro atoms. The normalized spacial score (nSPS) is 15.8. The Labute approximate surface area is 119 Å². The van der Waals surface area contributed by atoms with Gasteiger partial charge >= 0.3 is 6.03 Å². The van der Waals surface area contributed by atoms with Crippen LogP contribution in [0.1, 0.15) is 33.1 Å². The Morgan fingerprint density at radius 3 is 2.45 bits per heavy atom. The molecule has 1 fully saturated rings. The Hall–Kier alpha value is -1.63. The van der Waals surface area contributed by atoms with Gasteiger partial charge in [0.2, 0.25) is 11.8 Å². The topological polar surface area (TPSA) is 90.5 Å². The van der Waals surface area contributed by atoms with Crippen molar-refractivity contribution in [1.82, 2.24) is 20.9 Å². The number of likely N-dealkylation sites (tertiary alicyclic amines) is 1. The molecular formula is C13H24N4O3. The SMILES string of the molecule is CCNC(=O)NC(=O)C(C)NCCC(=O)N1CCCC1. The van der Waals surface area contributed by atoms with Crippen molar-refractivity contribution in [2.24, 2.45) is 0 Å². The van der Waals surface area contributed by atoms with Gasteiger partial charge in [0.1, 0.15) is 0 Å². The Kier molecular flexibility index (Phi) is 7.00. The Bertz CT molecular complexity index is 354. The maximum absolute atomic E-state index is 11.8. The first kappa shape index (κ1) is 16.4. The molecule has 0 radical (unpaired) electrons. The van der Waals surface area contributed by atoms with Gasteiger partial charge in [-0.05, 0) is 26.7 Å². The standard InChI is InChI=1S/C13H24N4O3/c1-3-14-13(20)16-12(19)10(2)15-7-6-11(18)17-8-4-5-9-17/h10,15H,3-9H2,1-2H3,(H2,14,16,19,20). The summed E-state index contributed by atoms with van der Waals surface area (Å²) in [4.78, 5) is 36.4. The van der Waals surface area contributed by atoms with Crippen molar-refractivity contribution in [3.8, 4) is 0 Å². The van der Waals surface area contributed by atoms with E-state index in [0.29, 0.717) is 19.5 Å². The van der Waals surface area contributed by atoms with Crippen LogP contribution in [0.3, 0.4) is 0 Å². The summed E-state index contributed by atoms with van der Waals surface area (Å²) >= 11 is 0. The van der Waals surface area contributed by atoms with Crippen LogP contribution in [-0.4, -0.2) is 55.0 Å². The Morgan fingerprint density at radius 1 is 1.20 bits per heavy atom. The second-order valence-electron chi connectivity index (χ2n) is 4.86. The van der Waals surface area contributed by atoms with Gasteiger partial charge in [-0.15, -0.1) is 0 Å². The minimum absolute atomic E-state index is 0.117. The quantitative estimate of drug-likeness (QED) is 0.631. The van der Waals surface area contributed by atoms with Crippen molar-refractivity contribution in [2.45, 2.75) is 39.2 Å². The van der Waals surface area contributed by atoms with Crippen molar-refractivity contribution in [3.63, 3.8) is 0 Å². The zero-order chi connectivity index (χ0) is 15.0. The molecule has 0 aromatic rings. The number of carbonyl (C=O) groups is 3. The van der Waals surface area contributed by atoms with E-state index in [0.717, 1.165) is 25.9 Å². The first-order valence-corrected chi connectivity index (χ1v) is 7.14. The summed E-state index contributed by atoms with van der Waals surface area (Å²) in [5.74, 6) is -0.282. The van der Waals surface area contributed by atoms with Gasteiger partial charge in [0.05, 0.1) is 6.04 Å². The van der Waals surface area contributed by atoms with Crippen LogP contribution in [0.4, 0.5) is 4.79 Å². The highest BCUT2D eigenvalue weighted by molar-refractivity contribution is 5.96. The number of hydrogen-bond acceptors (Lipinski definition) is 4. The monoisotopic (exact) mass is 284 g/mol. The molecule has 1 unspecified atom stereocenters. The van der Waals surface area contributed by atoms with E-state index in [1.54, 1.807) is 13.8 Å². The number of amides is 4. The minimum atomic E-state index is -0.510. The third kappa shape index (κ3) is 5.56. The molecular weight excluding hydrogens is 260 g/mol. The molecule has 0 saturated carbocycles. The summed E-state index contributed by atoms with van der Waals surface area (Å²) in [6.07, 6.45) is 2.52. The highest BCUT2D eigenvalue weighted by atomic mass is 16.2. The van der Waals surface area contributed by atoms with Gasteiger partial charge in [-0.25, -0.2) is 4.79 Å². The zero-order valence-electron chi connectivity index (χ0n) is 12.2. The van der Waals surface area contributed by atoms with Crippen LogP contribution in [0, 0.1) is 0 Å². The predicted molar refractivity (Wildman–Crippen MR) is 75.1 cm³/mol. The second kappa shape index (κ2) is 8.52. The van der Waals surface area contributed by atoms with Gasteiger partial charge in [-0.3, -0.25) is 14.9 Å². The molecule has 0 aromatic heterocycles. The smallest absolute Gasteiger partial charge is 0.321 e. The molecule has 1 heterocycles. The number of nitrogens with one attached hydrogen (secondary N) is 3. The van der Waals surface area contributed by atoms with Crippen molar-refractivity contribution < 1.29 is 14.4 Å². The van der Waals surface area contributed by atoms with E-state index in [1.807, 2.05) is 4.90 Å². The van der Waals surface area contributed by atoms with Crippen molar-refractivity contribution in [2.75, 3.05) is 26.2 Å². The van der Waals surface area contributed by atoms with Gasteiger partial charge in [-0.2, -0.15) is 0 Å². The fraction of sp³-hybridized carbons (Fsp3) is 0.769. The van der Waals surface area contributed by atoms with E-state index in [-0.39, 0.29) is 5.91 Å². The molecule has 1 saturated heterocycles. The molecule has 7 nitrogen and oxygen atoms in total. The lowest BCUT2D eigenvalue weighted by molar-refractivity contribution is -0.130. The summed E-state index contributed by atoms with van der Waals surface area (Å²) < 4.78 is 0. The fourth-order valence-electron chi connectivity index (χ4n) is 2.04. The zero-order valence-corrected chi connectivity index (χ0v) is 12.2. The molecule has 7 heteroatoms. The number of nitrogens with zero attached hydrogens (tertiary/aromatic N) is 1. The average molecular weight is 284 g/mol. The van der Waals surface area contributed by atoms with E-state index in [1.165, 1.54) is 0 Å². The molecule has 1 atom stereocenters. The predicted octanol–water partition coefficient (Wildman–Crippen LogP) is -0.177. The van der Waals surface area contributed by atoms with E-state index < -0.39 is 18.0 Å². The Balaban J connectivity index is 2.18. The van der Waals surface area contributed by atoms with Gasteiger partial charge in [0.25, 0.3) is 0 Å². The van der Waals surface area contributed by atoms with Crippen LogP contribution in [-0.2, 0) is 9.59 Å². The fourth-order valence-corrected chi connectivity index (χ4v) is 2.04. The molecule has 0 aliphatic carbocycles. The summed E-state index contributed by atoms with van der Waals surface area (Å²) in [5.41, 5.74) is 0. The third-order valence-corrected chi connectivity index (χ3v) is 3.22. The van der Waals surface area contributed by atoms with Crippen molar-refractivity contribution >= 4 is 17.8 Å². The van der Waals surface area contributed by atoms with E-state index in [4.69, 9.17) is 0 Å². The highest BCUT2D eigenvalue weighted by Gasteiger charge is 2.19. The largest absolute Gasteiger partial charge is 0.343 e. The summed E-state index contributed by atoms with van der Waals surface area (Å²) in [7, 11) is 0. The minimum Gasteiger partial charge on any atom is -0.343 e. The first-order chi connectivity index (χ1) is 9.54. The van der Waals surface area contributed by atoms with Crippen LogP contribution in [0.2, 0.25) is 0 Å². The number of rotatable bonds is 6. The molecule has 20 heavy (non-hydrogen) atoms. The molecule has 0 bridgehead atoms. The van der Waals surface area contributed by atoms with Crippen molar-refractivity contribution in [1.29, 1.82) is 0 Å². The third-order valence-electron chi connectivity index (χ3n) is 3.22. The number of carbonyl (C=O) groups excluding carboxylic acids is 3. The maximum Gasteiger partial charge on any atom is 0.321 e. The molecule has 3 N–H and O–H groups in total. The molecule has 1 aliphatic rings. The summed E-state index contributed by atoms with van der Waals surface area (Å²) in [6.45, 7) is 6.01. The summed E-state index contributed by atoms with van der Waals surface area (Å²) in [6, 6.07) is -1.01. The molecule has 114 valence electrons. The molecule has 0 aromatic carbocycles. The highest BCUT2D eigenvalue weighted by Crippen LogP contribution is 2.08. The molecule has 1 rings (SSSR count). The molecule has 4 amide bonds. The van der Waals surface area contributed by atoms with Crippen molar-refractivity contribution in [3.05, 3.63) is 0 Å². The lowest BCUT2D eigenvalue weighted by atomic mass is 10.3. The van der Waals surface area contributed by atoms with E-state index in [9.17, 15) is 14.4 Å². The number of hydrogen-bond donors (Lipinski definition) is 3. The lowest BCUT2D eigenvalue weighted by Crippen LogP contribution is -2.48. The molecule has 1 aliphatic heterocycles. The van der Waals surface area contributed by atoms with Crippen LogP contribution in [0.15, 0.2) is 0 Å². The van der Waals surface area contributed by atoms with E-state index >= 15 is 0 Å². The maximum atomic E-state index is 11.8. The first-order valence-electron chi connectivity index (χ1n) is 7.14. The lowest BCUT2D eigenvalue weighted by Gasteiger charge is -2.17. The van der Waals surface area contributed by atoms with Crippen LogP contribution in [0.5, 0.6) is 0 Å². The van der Waals surface area contributed by atoms with Crippen LogP contribution < -0.4 is 16.0 Å². The van der Waals surface area contributed by atoms with Gasteiger partial charge in [0, 0.05) is 32.6 Å². The summed E-state index contributed by atoms with van der Waals surface area (Å²) in [5, 5.41) is 7.65. The second-order valence-corrected chi connectivity index (χ2v) is 4.86. The number of imide groups is 1. The van der Waals surface area contributed by atoms with Crippen LogP contribution >= 0.6 is 0 Å². The van der Waals surface area contributed by atoms with Gasteiger partial charge < -0.3 is 15.5 Å². The average Bonchev–Trinajstić information content (AvgIpc) is 2.92. The van der Waals surface area contributed by atoms with E-state index in [2.05, 4.69) is 16.0 Å². The van der Waals surface area contributed by atoms with Gasteiger partial charge in [0.15, 0.2) is 0 Å². The Morgan fingerprint density at radius 2 is 1.85 bits per heavy atom. The van der Waals surface area contributed by atoms with Crippen LogP contribution in [0.25, 0.3) is 0 Å². The number of urea groups is 1. The van der Waals surface area contributed by atoms with Gasteiger partial charge in [-0.1, -0.05) is 0 Å².